The summed E-state index contributed by atoms with van der Waals surface area (Å²) in [4.78, 5) is 11.4. The van der Waals surface area contributed by atoms with Crippen molar-refractivity contribution in [3.8, 4) is 0 Å². The summed E-state index contributed by atoms with van der Waals surface area (Å²) in [5.74, 6) is -0.489. The van der Waals surface area contributed by atoms with Crippen LogP contribution < -0.4 is 10.0 Å². The van der Waals surface area contributed by atoms with Crippen LogP contribution in [0.4, 0.5) is 0 Å². The Kier molecular flexibility index (Phi) is 3.88. The third-order valence-electron chi connectivity index (χ3n) is 2.26. The van der Waals surface area contributed by atoms with E-state index >= 15 is 0 Å². The van der Waals surface area contributed by atoms with E-state index in [1.54, 1.807) is 0 Å². The van der Waals surface area contributed by atoms with E-state index < -0.39 is 15.9 Å². The molecule has 0 aromatic rings. The first-order valence-corrected chi connectivity index (χ1v) is 6.48. The minimum atomic E-state index is -3.41. The van der Waals surface area contributed by atoms with Gasteiger partial charge in [-0.05, 0) is 26.3 Å². The fourth-order valence-electron chi connectivity index (χ4n) is 1.37. The maximum atomic E-state index is 11.4. The number of rotatable bonds is 3. The van der Waals surface area contributed by atoms with Gasteiger partial charge in [-0.3, -0.25) is 9.52 Å². The number of carbonyl (C=O) groups excluding carboxylic acids is 1. The number of hydrogen-bond acceptors (Lipinski definition) is 4. The zero-order valence-corrected chi connectivity index (χ0v) is 9.06. The van der Waals surface area contributed by atoms with Crippen LogP contribution in [-0.2, 0) is 14.8 Å². The maximum absolute atomic E-state index is 11.4. The second-order valence-electron chi connectivity index (χ2n) is 3.37. The smallest absolute Gasteiger partial charge is 0.250 e. The topological polar surface area (TPSA) is 75.3 Å². The van der Waals surface area contributed by atoms with Gasteiger partial charge in [0.2, 0.25) is 10.0 Å². The molecule has 0 radical (unpaired) electrons. The van der Waals surface area contributed by atoms with Gasteiger partial charge in [0.05, 0.1) is 11.8 Å². The summed E-state index contributed by atoms with van der Waals surface area (Å²) < 4.78 is 24.2. The summed E-state index contributed by atoms with van der Waals surface area (Å²) in [7, 11) is -3.41. The molecule has 1 aliphatic heterocycles. The lowest BCUT2D eigenvalue weighted by Crippen LogP contribution is -2.48. The Morgan fingerprint density at radius 2 is 2.21 bits per heavy atom. The summed E-state index contributed by atoms with van der Waals surface area (Å²) in [6, 6.07) is -0.343. The van der Waals surface area contributed by atoms with Gasteiger partial charge in [0, 0.05) is 0 Å². The largest absolute Gasteiger partial charge is 0.306 e. The lowest BCUT2D eigenvalue weighted by Gasteiger charge is -2.22. The van der Waals surface area contributed by atoms with Crippen LogP contribution in [0.2, 0.25) is 0 Å². The molecule has 1 fully saturated rings. The summed E-state index contributed by atoms with van der Waals surface area (Å²) in [6.07, 6.45) is 2.73. The van der Waals surface area contributed by atoms with Gasteiger partial charge in [-0.2, -0.15) is 0 Å². The van der Waals surface area contributed by atoms with Crippen LogP contribution in [-0.4, -0.2) is 32.7 Å². The highest BCUT2D eigenvalue weighted by molar-refractivity contribution is 7.90. The maximum Gasteiger partial charge on any atom is 0.250 e. The predicted molar refractivity (Wildman–Crippen MR) is 53.2 cm³/mol. The molecule has 5 nitrogen and oxygen atoms in total. The second-order valence-corrected chi connectivity index (χ2v) is 5.38. The molecule has 2 N–H and O–H groups in total. The van der Waals surface area contributed by atoms with Crippen molar-refractivity contribution in [3.05, 3.63) is 0 Å². The van der Waals surface area contributed by atoms with Gasteiger partial charge in [0.15, 0.2) is 0 Å². The van der Waals surface area contributed by atoms with Gasteiger partial charge >= 0.3 is 0 Å². The Morgan fingerprint density at radius 1 is 1.50 bits per heavy atom. The monoisotopic (exact) mass is 220 g/mol. The summed E-state index contributed by atoms with van der Waals surface area (Å²) in [5, 5.41) is 2.99. The lowest BCUT2D eigenvalue weighted by atomic mass is 10.1. The number of amides is 1. The molecule has 1 saturated heterocycles. The Balaban J connectivity index is 2.49. The van der Waals surface area contributed by atoms with Crippen molar-refractivity contribution in [2.45, 2.75) is 32.2 Å². The molecule has 6 heteroatoms. The van der Waals surface area contributed by atoms with Crippen molar-refractivity contribution < 1.29 is 13.2 Å². The van der Waals surface area contributed by atoms with E-state index in [9.17, 15) is 13.2 Å². The van der Waals surface area contributed by atoms with E-state index in [4.69, 9.17) is 0 Å². The minimum absolute atomic E-state index is 0.0640. The standard InChI is InChI=1S/C8H16N2O3S/c1-2-14(12,13)10-8(11)7-5-3-4-6-9-7/h7,9H,2-6H2,1H3,(H,10,11)/t7-/m1/s1. The molecule has 1 amide bonds. The third-order valence-corrected chi connectivity index (χ3v) is 3.54. The molecule has 1 aliphatic rings. The van der Waals surface area contributed by atoms with Gasteiger partial charge in [-0.1, -0.05) is 6.42 Å². The Labute approximate surface area is 84.3 Å². The van der Waals surface area contributed by atoms with Crippen LogP contribution in [0.5, 0.6) is 0 Å². The van der Waals surface area contributed by atoms with E-state index in [0.717, 1.165) is 19.4 Å². The Morgan fingerprint density at radius 3 is 2.71 bits per heavy atom. The molecule has 0 bridgehead atoms. The molecule has 1 heterocycles. The van der Waals surface area contributed by atoms with Crippen molar-refractivity contribution >= 4 is 15.9 Å². The lowest BCUT2D eigenvalue weighted by molar-refractivity contribution is -0.121. The van der Waals surface area contributed by atoms with Crippen molar-refractivity contribution in [1.29, 1.82) is 0 Å². The first-order chi connectivity index (χ1) is 6.55. The number of carbonyl (C=O) groups is 1. The molecule has 0 aliphatic carbocycles. The fraction of sp³-hybridized carbons (Fsp3) is 0.875. The average molecular weight is 220 g/mol. The Bertz CT molecular complexity index is 294. The van der Waals surface area contributed by atoms with Crippen LogP contribution >= 0.6 is 0 Å². The third kappa shape index (κ3) is 3.26. The van der Waals surface area contributed by atoms with Gasteiger partial charge in [0.25, 0.3) is 5.91 Å². The number of piperidine rings is 1. The minimum Gasteiger partial charge on any atom is -0.306 e. The first-order valence-electron chi connectivity index (χ1n) is 4.83. The highest BCUT2D eigenvalue weighted by Crippen LogP contribution is 2.07. The van der Waals surface area contributed by atoms with E-state index in [0.29, 0.717) is 6.42 Å². The molecule has 0 saturated carbocycles. The molecule has 0 aromatic heterocycles. The van der Waals surface area contributed by atoms with Crippen LogP contribution in [0.15, 0.2) is 0 Å². The zero-order chi connectivity index (χ0) is 10.6. The van der Waals surface area contributed by atoms with Crippen molar-refractivity contribution in [2.24, 2.45) is 0 Å². The molecular weight excluding hydrogens is 204 g/mol. The van der Waals surface area contributed by atoms with Crippen LogP contribution in [0.3, 0.4) is 0 Å². The number of hydrogen-bond donors (Lipinski definition) is 2. The van der Waals surface area contributed by atoms with E-state index in [-0.39, 0.29) is 11.8 Å². The average Bonchev–Trinajstić information content (AvgIpc) is 2.19. The van der Waals surface area contributed by atoms with Crippen molar-refractivity contribution in [3.63, 3.8) is 0 Å². The number of sulfonamides is 1. The van der Waals surface area contributed by atoms with E-state index in [2.05, 4.69) is 5.32 Å². The second kappa shape index (κ2) is 4.75. The first kappa shape index (κ1) is 11.5. The number of nitrogens with one attached hydrogen (secondary N) is 2. The normalized spacial score (nSPS) is 23.1. The summed E-state index contributed by atoms with van der Waals surface area (Å²) >= 11 is 0. The molecule has 82 valence electrons. The SMILES string of the molecule is CCS(=O)(=O)NC(=O)[C@H]1CCCCN1. The zero-order valence-electron chi connectivity index (χ0n) is 8.25. The predicted octanol–water partition coefficient (Wildman–Crippen LogP) is -0.406. The van der Waals surface area contributed by atoms with Gasteiger partial charge < -0.3 is 5.32 Å². The molecule has 0 aromatic carbocycles. The fourth-order valence-corrected chi connectivity index (χ4v) is 1.97. The van der Waals surface area contributed by atoms with Crippen molar-refractivity contribution in [2.75, 3.05) is 12.3 Å². The van der Waals surface area contributed by atoms with E-state index in [1.807, 2.05) is 4.72 Å². The summed E-state index contributed by atoms with van der Waals surface area (Å²) in [5.41, 5.74) is 0. The van der Waals surface area contributed by atoms with E-state index in [1.165, 1.54) is 6.92 Å². The van der Waals surface area contributed by atoms with Crippen molar-refractivity contribution in [1.82, 2.24) is 10.0 Å². The Hall–Kier alpha value is -0.620. The van der Waals surface area contributed by atoms with Crippen LogP contribution in [0.1, 0.15) is 26.2 Å². The van der Waals surface area contributed by atoms with Crippen LogP contribution in [0.25, 0.3) is 0 Å². The molecule has 14 heavy (non-hydrogen) atoms. The highest BCUT2D eigenvalue weighted by atomic mass is 32.2. The summed E-state index contributed by atoms with van der Waals surface area (Å²) in [6.45, 7) is 2.29. The highest BCUT2D eigenvalue weighted by Gasteiger charge is 2.23. The van der Waals surface area contributed by atoms with Gasteiger partial charge in [-0.25, -0.2) is 8.42 Å². The molecule has 1 rings (SSSR count). The van der Waals surface area contributed by atoms with Gasteiger partial charge in [-0.15, -0.1) is 0 Å². The van der Waals surface area contributed by atoms with Crippen LogP contribution in [0, 0.1) is 0 Å². The molecule has 0 unspecified atom stereocenters. The quantitative estimate of drug-likeness (QED) is 0.678. The molecular formula is C8H16N2O3S. The molecule has 1 atom stereocenters. The molecule has 0 spiro atoms. The van der Waals surface area contributed by atoms with Gasteiger partial charge in [0.1, 0.15) is 0 Å².